The van der Waals surface area contributed by atoms with Gasteiger partial charge < -0.3 is 10.5 Å². The summed E-state index contributed by atoms with van der Waals surface area (Å²) in [4.78, 5) is 25.6. The molecule has 0 aliphatic rings. The summed E-state index contributed by atoms with van der Waals surface area (Å²) in [5, 5.41) is 15.4. The maximum Gasteiger partial charge on any atom is 0.357 e. The van der Waals surface area contributed by atoms with E-state index < -0.39 is 24.3 Å². The second-order valence-electron chi connectivity index (χ2n) is 5.82. The van der Waals surface area contributed by atoms with Gasteiger partial charge in [0.05, 0.1) is 16.6 Å². The van der Waals surface area contributed by atoms with E-state index in [1.807, 2.05) is 35.7 Å². The molecule has 0 radical (unpaired) electrons. The summed E-state index contributed by atoms with van der Waals surface area (Å²) in [6, 6.07) is 16.2. The number of nitrogens with zero attached hydrogens (tertiary/aromatic N) is 3. The summed E-state index contributed by atoms with van der Waals surface area (Å²) >= 11 is 1.49. The zero-order chi connectivity index (χ0) is 20.1. The molecule has 0 bridgehead atoms. The maximum atomic E-state index is 12.6. The Morgan fingerprint density at radius 3 is 2.64 bits per heavy atom. The highest BCUT2D eigenvalue weighted by atomic mass is 32.1. The summed E-state index contributed by atoms with van der Waals surface area (Å²) in [7, 11) is 0. The average Bonchev–Trinajstić information content (AvgIpc) is 3.36. The molecule has 0 fully saturated rings. The quantitative estimate of drug-likeness (QED) is 0.619. The number of carbonyl (C=O) groups is 2. The van der Waals surface area contributed by atoms with Crippen LogP contribution >= 0.6 is 11.3 Å². The van der Waals surface area contributed by atoms with E-state index in [1.165, 1.54) is 16.0 Å². The highest BCUT2D eigenvalue weighted by molar-refractivity contribution is 7.13. The first-order chi connectivity index (χ1) is 13.5. The number of Topliss-reactive ketones (excluding diaryl/α,β-unsaturated/α-hetero) is 1. The molecule has 7 nitrogen and oxygen atoms in total. The van der Waals surface area contributed by atoms with E-state index in [-0.39, 0.29) is 11.4 Å². The summed E-state index contributed by atoms with van der Waals surface area (Å²) in [6.07, 6.45) is 0. The van der Waals surface area contributed by atoms with Crippen LogP contribution in [0.4, 0.5) is 0 Å². The molecule has 8 heteroatoms. The predicted octanol–water partition coefficient (Wildman–Crippen LogP) is 2.94. The van der Waals surface area contributed by atoms with Crippen LogP contribution in [0.25, 0.3) is 16.3 Å². The molecule has 28 heavy (non-hydrogen) atoms. The Morgan fingerprint density at radius 2 is 2.04 bits per heavy atom. The molecule has 0 saturated carbocycles. The smallest absolute Gasteiger partial charge is 0.357 e. The minimum atomic E-state index is -1.21. The minimum Gasteiger partial charge on any atom is -0.453 e. The normalized spacial score (nSPS) is 11.4. The SMILES string of the molecule is C=C(N)[C@@H](C#N)C(=O)COC(=O)c1cc(-c2cccs2)nn1-c1ccccc1. The van der Waals surface area contributed by atoms with E-state index in [1.54, 1.807) is 24.3 Å². The molecule has 0 aliphatic carbocycles. The Morgan fingerprint density at radius 1 is 1.29 bits per heavy atom. The number of thiophene rings is 1. The van der Waals surface area contributed by atoms with Crippen LogP contribution in [0.15, 0.2) is 66.2 Å². The van der Waals surface area contributed by atoms with Crippen LogP contribution < -0.4 is 5.73 Å². The third kappa shape index (κ3) is 4.00. The van der Waals surface area contributed by atoms with Crippen LogP contribution in [0.1, 0.15) is 10.5 Å². The summed E-state index contributed by atoms with van der Waals surface area (Å²) in [5.41, 5.74) is 6.80. The first-order valence-corrected chi connectivity index (χ1v) is 9.12. The third-order valence-corrected chi connectivity index (χ3v) is 4.75. The van der Waals surface area contributed by atoms with Gasteiger partial charge in [0.15, 0.2) is 18.1 Å². The van der Waals surface area contributed by atoms with Gasteiger partial charge in [0, 0.05) is 11.8 Å². The van der Waals surface area contributed by atoms with Crippen LogP contribution in [0.5, 0.6) is 0 Å². The van der Waals surface area contributed by atoms with Gasteiger partial charge >= 0.3 is 5.97 Å². The predicted molar refractivity (Wildman–Crippen MR) is 105 cm³/mol. The molecular weight excluding hydrogens is 376 g/mol. The second-order valence-corrected chi connectivity index (χ2v) is 6.77. The van der Waals surface area contributed by atoms with Crippen molar-refractivity contribution < 1.29 is 14.3 Å². The molecule has 140 valence electrons. The number of hydrogen-bond donors (Lipinski definition) is 1. The number of allylic oxidation sites excluding steroid dienone is 1. The number of nitrogens with two attached hydrogens (primary N) is 1. The van der Waals surface area contributed by atoms with Crippen molar-refractivity contribution in [2.45, 2.75) is 0 Å². The number of esters is 1. The number of rotatable bonds is 7. The fourth-order valence-corrected chi connectivity index (χ4v) is 3.17. The van der Waals surface area contributed by atoms with Gasteiger partial charge in [-0.1, -0.05) is 30.8 Å². The molecule has 0 aliphatic heterocycles. The van der Waals surface area contributed by atoms with Crippen molar-refractivity contribution in [3.05, 3.63) is 71.9 Å². The van der Waals surface area contributed by atoms with Crippen LogP contribution in [-0.2, 0) is 9.53 Å². The van der Waals surface area contributed by atoms with Crippen molar-refractivity contribution in [1.82, 2.24) is 9.78 Å². The van der Waals surface area contributed by atoms with Crippen molar-refractivity contribution >= 4 is 23.1 Å². The van der Waals surface area contributed by atoms with Gasteiger partial charge in [-0.15, -0.1) is 11.3 Å². The van der Waals surface area contributed by atoms with Gasteiger partial charge in [0.2, 0.25) is 0 Å². The molecule has 0 amide bonds. The zero-order valence-corrected chi connectivity index (χ0v) is 15.6. The third-order valence-electron chi connectivity index (χ3n) is 3.86. The van der Waals surface area contributed by atoms with E-state index >= 15 is 0 Å². The lowest BCUT2D eigenvalue weighted by Crippen LogP contribution is -2.25. The topological polar surface area (TPSA) is 111 Å². The molecule has 3 rings (SSSR count). The molecule has 0 unspecified atom stereocenters. The number of hydrogen-bond acceptors (Lipinski definition) is 7. The molecule has 3 aromatic rings. The summed E-state index contributed by atoms with van der Waals surface area (Å²) < 4.78 is 6.59. The number of para-hydroxylation sites is 1. The number of carbonyl (C=O) groups excluding carboxylic acids is 2. The minimum absolute atomic E-state index is 0.0853. The molecular formula is C20H16N4O3S. The van der Waals surface area contributed by atoms with E-state index in [2.05, 4.69) is 11.7 Å². The lowest BCUT2D eigenvalue weighted by atomic mass is 10.0. The van der Waals surface area contributed by atoms with Crippen molar-refractivity contribution in [2.75, 3.05) is 6.61 Å². The van der Waals surface area contributed by atoms with Gasteiger partial charge in [0.25, 0.3) is 0 Å². The Bertz CT molecular complexity index is 1050. The lowest BCUT2D eigenvalue weighted by Gasteiger charge is -2.09. The van der Waals surface area contributed by atoms with Gasteiger partial charge in [-0.25, -0.2) is 9.48 Å². The number of nitriles is 1. The Balaban J connectivity index is 1.88. The molecule has 2 heterocycles. The molecule has 0 spiro atoms. The second kappa shape index (κ2) is 8.33. The van der Waals surface area contributed by atoms with Crippen molar-refractivity contribution in [3.63, 3.8) is 0 Å². The monoisotopic (exact) mass is 392 g/mol. The Kier molecular flexibility index (Phi) is 5.67. The van der Waals surface area contributed by atoms with Crippen molar-refractivity contribution in [2.24, 2.45) is 11.7 Å². The summed E-state index contributed by atoms with van der Waals surface area (Å²) in [5.74, 6) is -2.58. The Labute approximate surface area is 165 Å². The first-order valence-electron chi connectivity index (χ1n) is 8.24. The van der Waals surface area contributed by atoms with Crippen LogP contribution in [0, 0.1) is 17.2 Å². The number of benzene rings is 1. The molecule has 2 N–H and O–H groups in total. The standard InChI is InChI=1S/C20H16N4O3S/c1-13(22)15(11-21)18(25)12-27-20(26)17-10-16(19-8-5-9-28-19)23-24(17)14-6-3-2-4-7-14/h2-10,15H,1,12,22H2/t15-/m1/s1. The Hall–Kier alpha value is -3.70. The fourth-order valence-electron chi connectivity index (χ4n) is 2.49. The van der Waals surface area contributed by atoms with Gasteiger partial charge in [-0.05, 0) is 23.6 Å². The molecule has 0 saturated heterocycles. The number of ketones is 1. The van der Waals surface area contributed by atoms with Gasteiger partial charge in [0.1, 0.15) is 11.6 Å². The van der Waals surface area contributed by atoms with Crippen LogP contribution in [-0.4, -0.2) is 28.1 Å². The zero-order valence-electron chi connectivity index (χ0n) is 14.7. The van der Waals surface area contributed by atoms with Crippen LogP contribution in [0.2, 0.25) is 0 Å². The largest absolute Gasteiger partial charge is 0.453 e. The average molecular weight is 392 g/mol. The van der Waals surface area contributed by atoms with Gasteiger partial charge in [-0.2, -0.15) is 10.4 Å². The number of ether oxygens (including phenoxy) is 1. The first kappa shape index (κ1) is 19.1. The molecule has 1 atom stereocenters. The molecule has 1 aromatic carbocycles. The number of aromatic nitrogens is 2. The van der Waals surface area contributed by atoms with Crippen molar-refractivity contribution in [3.8, 4) is 22.3 Å². The molecule has 2 aromatic heterocycles. The fraction of sp³-hybridized carbons (Fsp3) is 0.100. The summed E-state index contributed by atoms with van der Waals surface area (Å²) in [6.45, 7) is 2.82. The van der Waals surface area contributed by atoms with Gasteiger partial charge in [-0.3, -0.25) is 4.79 Å². The van der Waals surface area contributed by atoms with Crippen LogP contribution in [0.3, 0.4) is 0 Å². The highest BCUT2D eigenvalue weighted by Gasteiger charge is 2.24. The van der Waals surface area contributed by atoms with E-state index in [0.717, 1.165) is 4.88 Å². The van der Waals surface area contributed by atoms with E-state index in [9.17, 15) is 9.59 Å². The lowest BCUT2D eigenvalue weighted by molar-refractivity contribution is -0.123. The highest BCUT2D eigenvalue weighted by Crippen LogP contribution is 2.26. The maximum absolute atomic E-state index is 12.6. The van der Waals surface area contributed by atoms with Crippen molar-refractivity contribution in [1.29, 1.82) is 5.26 Å². The van der Waals surface area contributed by atoms with E-state index in [4.69, 9.17) is 15.7 Å². The van der Waals surface area contributed by atoms with E-state index in [0.29, 0.717) is 11.4 Å².